The van der Waals surface area contributed by atoms with Crippen molar-refractivity contribution >= 4 is 17.2 Å². The zero-order valence-corrected chi connectivity index (χ0v) is 14.2. The maximum atomic E-state index is 12.3. The SMILES string of the molecule is Cc1ccccc1NC(=O)CN1CC=C(c2ncccc2C)CC1. The van der Waals surface area contributed by atoms with Crippen LogP contribution in [0, 0.1) is 13.8 Å². The molecule has 2 heterocycles. The molecule has 3 rings (SSSR count). The molecule has 124 valence electrons. The molecule has 1 aliphatic heterocycles. The number of nitrogens with zero attached hydrogens (tertiary/aromatic N) is 2. The molecule has 0 radical (unpaired) electrons. The number of pyridine rings is 1. The van der Waals surface area contributed by atoms with E-state index in [9.17, 15) is 4.79 Å². The van der Waals surface area contributed by atoms with Gasteiger partial charge in [0.05, 0.1) is 12.2 Å². The van der Waals surface area contributed by atoms with Crippen LogP contribution in [-0.4, -0.2) is 35.4 Å². The quantitative estimate of drug-likeness (QED) is 0.938. The summed E-state index contributed by atoms with van der Waals surface area (Å²) < 4.78 is 0. The van der Waals surface area contributed by atoms with Crippen molar-refractivity contribution in [3.8, 4) is 0 Å². The number of hydrogen-bond acceptors (Lipinski definition) is 3. The highest BCUT2D eigenvalue weighted by Gasteiger charge is 2.17. The number of aromatic nitrogens is 1. The van der Waals surface area contributed by atoms with Crippen molar-refractivity contribution in [3.05, 3.63) is 65.5 Å². The van der Waals surface area contributed by atoms with Gasteiger partial charge in [-0.3, -0.25) is 14.7 Å². The van der Waals surface area contributed by atoms with Crippen LogP contribution in [0.1, 0.15) is 23.2 Å². The summed E-state index contributed by atoms with van der Waals surface area (Å²) in [7, 11) is 0. The van der Waals surface area contributed by atoms with Gasteiger partial charge in [0.1, 0.15) is 0 Å². The number of anilines is 1. The highest BCUT2D eigenvalue weighted by atomic mass is 16.2. The lowest BCUT2D eigenvalue weighted by Gasteiger charge is -2.26. The number of carbonyl (C=O) groups excluding carboxylic acids is 1. The van der Waals surface area contributed by atoms with E-state index in [0.717, 1.165) is 36.5 Å². The van der Waals surface area contributed by atoms with Crippen LogP contribution in [0.25, 0.3) is 5.57 Å². The normalized spacial score (nSPS) is 15.0. The minimum Gasteiger partial charge on any atom is -0.325 e. The van der Waals surface area contributed by atoms with Gasteiger partial charge in [0.15, 0.2) is 0 Å². The molecule has 1 aromatic carbocycles. The van der Waals surface area contributed by atoms with Gasteiger partial charge in [-0.15, -0.1) is 0 Å². The molecule has 24 heavy (non-hydrogen) atoms. The van der Waals surface area contributed by atoms with Gasteiger partial charge in [-0.2, -0.15) is 0 Å². The molecular formula is C20H23N3O. The molecule has 0 saturated carbocycles. The fraction of sp³-hybridized carbons (Fsp3) is 0.300. The minimum atomic E-state index is 0.0372. The van der Waals surface area contributed by atoms with Crippen LogP contribution >= 0.6 is 0 Å². The number of rotatable bonds is 4. The second-order valence-electron chi connectivity index (χ2n) is 6.25. The van der Waals surface area contributed by atoms with Crippen LogP contribution in [0.3, 0.4) is 0 Å². The van der Waals surface area contributed by atoms with E-state index in [2.05, 4.69) is 34.3 Å². The average molecular weight is 321 g/mol. The molecule has 0 bridgehead atoms. The Morgan fingerprint density at radius 1 is 1.17 bits per heavy atom. The van der Waals surface area contributed by atoms with Gasteiger partial charge in [0, 0.05) is 25.0 Å². The summed E-state index contributed by atoms with van der Waals surface area (Å²) in [4.78, 5) is 18.9. The molecule has 2 aromatic rings. The summed E-state index contributed by atoms with van der Waals surface area (Å²) in [5.74, 6) is 0.0372. The van der Waals surface area contributed by atoms with Gasteiger partial charge in [0.25, 0.3) is 0 Å². The number of hydrogen-bond donors (Lipinski definition) is 1. The van der Waals surface area contributed by atoms with E-state index in [-0.39, 0.29) is 5.91 Å². The Bertz CT molecular complexity index is 767. The zero-order valence-electron chi connectivity index (χ0n) is 14.2. The van der Waals surface area contributed by atoms with Crippen molar-refractivity contribution in [3.63, 3.8) is 0 Å². The van der Waals surface area contributed by atoms with Gasteiger partial charge >= 0.3 is 0 Å². The van der Waals surface area contributed by atoms with Crippen molar-refractivity contribution in [1.29, 1.82) is 0 Å². The van der Waals surface area contributed by atoms with E-state index < -0.39 is 0 Å². The number of nitrogens with one attached hydrogen (secondary N) is 1. The van der Waals surface area contributed by atoms with Crippen LogP contribution in [0.5, 0.6) is 0 Å². The molecule has 1 amide bonds. The summed E-state index contributed by atoms with van der Waals surface area (Å²) in [6, 6.07) is 11.9. The Hall–Kier alpha value is -2.46. The predicted molar refractivity (Wildman–Crippen MR) is 97.8 cm³/mol. The number of aryl methyl sites for hydroxylation is 2. The molecule has 0 spiro atoms. The molecule has 1 aliphatic rings. The first-order valence-electron chi connectivity index (χ1n) is 8.32. The van der Waals surface area contributed by atoms with E-state index in [4.69, 9.17) is 0 Å². The maximum absolute atomic E-state index is 12.3. The molecule has 0 saturated heterocycles. The van der Waals surface area contributed by atoms with E-state index in [1.807, 2.05) is 43.5 Å². The largest absolute Gasteiger partial charge is 0.325 e. The summed E-state index contributed by atoms with van der Waals surface area (Å²) in [6.07, 6.45) is 4.96. The monoisotopic (exact) mass is 321 g/mol. The Balaban J connectivity index is 1.58. The molecule has 1 N–H and O–H groups in total. The van der Waals surface area contributed by atoms with Crippen LogP contribution in [-0.2, 0) is 4.79 Å². The van der Waals surface area contributed by atoms with Crippen LogP contribution < -0.4 is 5.32 Å². The van der Waals surface area contributed by atoms with Crippen molar-refractivity contribution in [2.45, 2.75) is 20.3 Å². The van der Waals surface area contributed by atoms with Gasteiger partial charge < -0.3 is 5.32 Å². The lowest BCUT2D eigenvalue weighted by Crippen LogP contribution is -2.36. The van der Waals surface area contributed by atoms with Crippen molar-refractivity contribution < 1.29 is 4.79 Å². The van der Waals surface area contributed by atoms with Crippen LogP contribution in [0.4, 0.5) is 5.69 Å². The number of benzene rings is 1. The third kappa shape index (κ3) is 3.89. The molecule has 0 fully saturated rings. The van der Waals surface area contributed by atoms with E-state index in [1.165, 1.54) is 11.1 Å². The van der Waals surface area contributed by atoms with Gasteiger partial charge in [-0.1, -0.05) is 30.3 Å². The fourth-order valence-corrected chi connectivity index (χ4v) is 3.00. The molecular weight excluding hydrogens is 298 g/mol. The second kappa shape index (κ2) is 7.41. The van der Waals surface area contributed by atoms with Crippen molar-refractivity contribution in [2.75, 3.05) is 25.0 Å². The number of amides is 1. The van der Waals surface area contributed by atoms with Gasteiger partial charge in [-0.25, -0.2) is 0 Å². The Morgan fingerprint density at radius 3 is 2.67 bits per heavy atom. The van der Waals surface area contributed by atoms with Crippen LogP contribution in [0.2, 0.25) is 0 Å². The molecule has 4 nitrogen and oxygen atoms in total. The molecule has 0 unspecified atom stereocenters. The maximum Gasteiger partial charge on any atom is 0.238 e. The third-order valence-corrected chi connectivity index (χ3v) is 4.39. The highest BCUT2D eigenvalue weighted by Crippen LogP contribution is 2.23. The fourth-order valence-electron chi connectivity index (χ4n) is 3.00. The Labute approximate surface area is 143 Å². The molecule has 1 aromatic heterocycles. The van der Waals surface area contributed by atoms with E-state index in [1.54, 1.807) is 0 Å². The lowest BCUT2D eigenvalue weighted by molar-refractivity contribution is -0.117. The van der Waals surface area contributed by atoms with Gasteiger partial charge in [-0.05, 0) is 49.1 Å². The summed E-state index contributed by atoms with van der Waals surface area (Å²) in [6.45, 7) is 6.17. The smallest absolute Gasteiger partial charge is 0.238 e. The first-order chi connectivity index (χ1) is 11.6. The van der Waals surface area contributed by atoms with E-state index in [0.29, 0.717) is 6.54 Å². The van der Waals surface area contributed by atoms with Crippen molar-refractivity contribution in [1.82, 2.24) is 9.88 Å². The van der Waals surface area contributed by atoms with Gasteiger partial charge in [0.2, 0.25) is 5.91 Å². The average Bonchev–Trinajstić information content (AvgIpc) is 2.58. The molecule has 0 atom stereocenters. The minimum absolute atomic E-state index is 0.0372. The lowest BCUT2D eigenvalue weighted by atomic mass is 10.0. The summed E-state index contributed by atoms with van der Waals surface area (Å²) >= 11 is 0. The van der Waals surface area contributed by atoms with Crippen molar-refractivity contribution in [2.24, 2.45) is 0 Å². The molecule has 0 aliphatic carbocycles. The summed E-state index contributed by atoms with van der Waals surface area (Å²) in [5.41, 5.74) is 5.54. The number of carbonyl (C=O) groups is 1. The Kier molecular flexibility index (Phi) is 5.06. The number of para-hydroxylation sites is 1. The first-order valence-corrected chi connectivity index (χ1v) is 8.32. The third-order valence-electron chi connectivity index (χ3n) is 4.39. The molecule has 4 heteroatoms. The predicted octanol–water partition coefficient (Wildman–Crippen LogP) is 3.43. The summed E-state index contributed by atoms with van der Waals surface area (Å²) in [5, 5.41) is 3.00. The van der Waals surface area contributed by atoms with E-state index >= 15 is 0 Å². The standard InChI is InChI=1S/C20H23N3O/c1-15-6-3-4-8-18(15)22-19(24)14-23-12-9-17(10-13-23)20-16(2)7-5-11-21-20/h3-9,11H,10,12-14H2,1-2H3,(H,22,24). The first kappa shape index (κ1) is 16.4. The second-order valence-corrected chi connectivity index (χ2v) is 6.25. The highest BCUT2D eigenvalue weighted by molar-refractivity contribution is 5.93. The Morgan fingerprint density at radius 2 is 1.96 bits per heavy atom. The zero-order chi connectivity index (χ0) is 16.9. The topological polar surface area (TPSA) is 45.2 Å². The van der Waals surface area contributed by atoms with Crippen LogP contribution in [0.15, 0.2) is 48.7 Å².